The second-order valence-corrected chi connectivity index (χ2v) is 4.44. The maximum atomic E-state index is 5.85. The van der Waals surface area contributed by atoms with Crippen molar-refractivity contribution in [3.05, 3.63) is 29.3 Å². The van der Waals surface area contributed by atoms with E-state index in [1.807, 2.05) is 0 Å². The summed E-state index contributed by atoms with van der Waals surface area (Å²) in [7, 11) is 0. The van der Waals surface area contributed by atoms with Gasteiger partial charge in [-0.05, 0) is 42.9 Å². The number of hydrogen-bond acceptors (Lipinski definition) is 1. The standard InChI is InChI=1S/C13H18O/c1-9(2)12-5-4-6-13(10(12)3)14-11-7-8-11/h4-6,9,11H,7-8H2,1-3H3. The van der Waals surface area contributed by atoms with Gasteiger partial charge in [0.05, 0.1) is 6.10 Å². The molecule has 1 nitrogen and oxygen atoms in total. The molecule has 2 rings (SSSR count). The van der Waals surface area contributed by atoms with E-state index < -0.39 is 0 Å². The molecule has 0 spiro atoms. The van der Waals surface area contributed by atoms with Gasteiger partial charge in [0.15, 0.2) is 0 Å². The zero-order valence-corrected chi connectivity index (χ0v) is 9.21. The lowest BCUT2D eigenvalue weighted by molar-refractivity contribution is 0.300. The minimum atomic E-state index is 0.496. The van der Waals surface area contributed by atoms with Crippen LogP contribution in [0.2, 0.25) is 0 Å². The van der Waals surface area contributed by atoms with Gasteiger partial charge in [0.2, 0.25) is 0 Å². The summed E-state index contributed by atoms with van der Waals surface area (Å²) in [4.78, 5) is 0. The molecule has 0 aromatic heterocycles. The molecular weight excluding hydrogens is 172 g/mol. The predicted molar refractivity (Wildman–Crippen MR) is 58.9 cm³/mol. The summed E-state index contributed by atoms with van der Waals surface area (Å²) in [6.07, 6.45) is 2.95. The first-order chi connectivity index (χ1) is 6.68. The first-order valence-corrected chi connectivity index (χ1v) is 5.44. The average molecular weight is 190 g/mol. The lowest BCUT2D eigenvalue weighted by Gasteiger charge is -2.14. The molecule has 0 amide bonds. The van der Waals surface area contributed by atoms with E-state index in [2.05, 4.69) is 39.0 Å². The van der Waals surface area contributed by atoms with Crippen LogP contribution in [0, 0.1) is 6.92 Å². The zero-order chi connectivity index (χ0) is 10.1. The van der Waals surface area contributed by atoms with Crippen LogP contribution in [0.25, 0.3) is 0 Å². The van der Waals surface area contributed by atoms with Crippen molar-refractivity contribution in [2.24, 2.45) is 0 Å². The topological polar surface area (TPSA) is 9.23 Å². The average Bonchev–Trinajstić information content (AvgIpc) is 2.92. The fourth-order valence-corrected chi connectivity index (χ4v) is 1.75. The van der Waals surface area contributed by atoms with E-state index in [-0.39, 0.29) is 0 Å². The fourth-order valence-electron chi connectivity index (χ4n) is 1.75. The summed E-state index contributed by atoms with van der Waals surface area (Å²) >= 11 is 0. The van der Waals surface area contributed by atoms with Crippen molar-refractivity contribution < 1.29 is 4.74 Å². The van der Waals surface area contributed by atoms with Gasteiger partial charge in [-0.2, -0.15) is 0 Å². The van der Waals surface area contributed by atoms with Gasteiger partial charge in [-0.1, -0.05) is 26.0 Å². The first kappa shape index (κ1) is 9.57. The molecule has 1 aliphatic carbocycles. The Morgan fingerprint density at radius 3 is 2.57 bits per heavy atom. The van der Waals surface area contributed by atoms with Gasteiger partial charge >= 0.3 is 0 Å². The van der Waals surface area contributed by atoms with Crippen molar-refractivity contribution in [2.45, 2.75) is 45.6 Å². The Labute approximate surface area is 86.1 Å². The van der Waals surface area contributed by atoms with Crippen molar-refractivity contribution >= 4 is 0 Å². The first-order valence-electron chi connectivity index (χ1n) is 5.44. The van der Waals surface area contributed by atoms with Crippen LogP contribution in [0.4, 0.5) is 0 Å². The number of benzene rings is 1. The smallest absolute Gasteiger partial charge is 0.122 e. The summed E-state index contributed by atoms with van der Waals surface area (Å²) in [5.74, 6) is 1.66. The lowest BCUT2D eigenvalue weighted by Crippen LogP contribution is -2.00. The normalized spacial score (nSPS) is 16.0. The van der Waals surface area contributed by atoms with Crippen molar-refractivity contribution in [1.82, 2.24) is 0 Å². The quantitative estimate of drug-likeness (QED) is 0.706. The molecule has 1 heteroatoms. The Morgan fingerprint density at radius 2 is 2.00 bits per heavy atom. The maximum absolute atomic E-state index is 5.85. The maximum Gasteiger partial charge on any atom is 0.122 e. The second kappa shape index (κ2) is 3.64. The van der Waals surface area contributed by atoms with Crippen molar-refractivity contribution in [3.8, 4) is 5.75 Å². The fraction of sp³-hybridized carbons (Fsp3) is 0.538. The van der Waals surface area contributed by atoms with Gasteiger partial charge < -0.3 is 4.74 Å². The highest BCUT2D eigenvalue weighted by atomic mass is 16.5. The summed E-state index contributed by atoms with van der Waals surface area (Å²) < 4.78 is 5.85. The van der Waals surface area contributed by atoms with Gasteiger partial charge in [0.25, 0.3) is 0 Å². The van der Waals surface area contributed by atoms with Crippen LogP contribution >= 0.6 is 0 Å². The van der Waals surface area contributed by atoms with Crippen LogP contribution in [0.3, 0.4) is 0 Å². The molecule has 14 heavy (non-hydrogen) atoms. The Hall–Kier alpha value is -0.980. The zero-order valence-electron chi connectivity index (χ0n) is 9.21. The van der Waals surface area contributed by atoms with E-state index in [0.29, 0.717) is 12.0 Å². The van der Waals surface area contributed by atoms with E-state index in [1.54, 1.807) is 0 Å². The number of hydrogen-bond donors (Lipinski definition) is 0. The lowest BCUT2D eigenvalue weighted by atomic mass is 9.97. The molecule has 0 unspecified atom stereocenters. The van der Waals surface area contributed by atoms with Crippen LogP contribution in [0.1, 0.15) is 43.7 Å². The SMILES string of the molecule is Cc1c(OC2CC2)cccc1C(C)C. The minimum Gasteiger partial charge on any atom is -0.490 e. The predicted octanol–water partition coefficient (Wildman–Crippen LogP) is 3.66. The van der Waals surface area contributed by atoms with Gasteiger partial charge in [-0.25, -0.2) is 0 Å². The van der Waals surface area contributed by atoms with Gasteiger partial charge in [0.1, 0.15) is 5.75 Å². The van der Waals surface area contributed by atoms with E-state index in [1.165, 1.54) is 24.0 Å². The third kappa shape index (κ3) is 1.92. The summed E-state index contributed by atoms with van der Waals surface area (Å²) in [6.45, 7) is 6.61. The molecule has 0 radical (unpaired) electrons. The summed E-state index contributed by atoms with van der Waals surface area (Å²) in [6, 6.07) is 6.37. The van der Waals surface area contributed by atoms with E-state index in [4.69, 9.17) is 4.74 Å². The van der Waals surface area contributed by atoms with Crippen molar-refractivity contribution in [2.75, 3.05) is 0 Å². The van der Waals surface area contributed by atoms with E-state index in [9.17, 15) is 0 Å². The Kier molecular flexibility index (Phi) is 2.49. The van der Waals surface area contributed by atoms with Crippen LogP contribution in [0.15, 0.2) is 18.2 Å². The number of ether oxygens (including phenoxy) is 1. The highest BCUT2D eigenvalue weighted by Gasteiger charge is 2.24. The molecule has 0 N–H and O–H groups in total. The number of rotatable bonds is 3. The molecule has 1 saturated carbocycles. The third-order valence-electron chi connectivity index (χ3n) is 2.77. The Bertz CT molecular complexity index is 324. The highest BCUT2D eigenvalue weighted by molar-refractivity contribution is 5.40. The Morgan fingerprint density at radius 1 is 1.29 bits per heavy atom. The van der Waals surface area contributed by atoms with E-state index >= 15 is 0 Å². The van der Waals surface area contributed by atoms with Gasteiger partial charge in [0, 0.05) is 0 Å². The highest BCUT2D eigenvalue weighted by Crippen LogP contribution is 2.32. The molecule has 1 aromatic carbocycles. The van der Waals surface area contributed by atoms with E-state index in [0.717, 1.165) is 5.75 Å². The van der Waals surface area contributed by atoms with Crippen LogP contribution in [0.5, 0.6) is 5.75 Å². The van der Waals surface area contributed by atoms with Gasteiger partial charge in [-0.3, -0.25) is 0 Å². The molecule has 0 aliphatic heterocycles. The monoisotopic (exact) mass is 190 g/mol. The molecule has 0 atom stereocenters. The second-order valence-electron chi connectivity index (χ2n) is 4.44. The van der Waals surface area contributed by atoms with Crippen LogP contribution in [-0.2, 0) is 0 Å². The van der Waals surface area contributed by atoms with Gasteiger partial charge in [-0.15, -0.1) is 0 Å². The molecule has 1 fully saturated rings. The van der Waals surface area contributed by atoms with Crippen molar-refractivity contribution in [1.29, 1.82) is 0 Å². The molecular formula is C13H18O. The third-order valence-corrected chi connectivity index (χ3v) is 2.77. The minimum absolute atomic E-state index is 0.496. The van der Waals surface area contributed by atoms with Crippen molar-refractivity contribution in [3.63, 3.8) is 0 Å². The summed E-state index contributed by atoms with van der Waals surface area (Å²) in [5.41, 5.74) is 2.72. The largest absolute Gasteiger partial charge is 0.490 e. The molecule has 76 valence electrons. The molecule has 1 aromatic rings. The summed E-state index contributed by atoms with van der Waals surface area (Å²) in [5, 5.41) is 0. The molecule has 0 saturated heterocycles. The molecule has 0 heterocycles. The van der Waals surface area contributed by atoms with Crippen LogP contribution < -0.4 is 4.74 Å². The van der Waals surface area contributed by atoms with Crippen LogP contribution in [-0.4, -0.2) is 6.10 Å². The molecule has 0 bridgehead atoms. The molecule has 1 aliphatic rings. The Balaban J connectivity index is 2.25.